The first-order valence-electron chi connectivity index (χ1n) is 10.8. The van der Waals surface area contributed by atoms with E-state index in [9.17, 15) is 18.0 Å². The van der Waals surface area contributed by atoms with Crippen molar-refractivity contribution < 1.29 is 22.7 Å². The number of anilines is 2. The summed E-state index contributed by atoms with van der Waals surface area (Å²) in [6.45, 7) is 6.90. The van der Waals surface area contributed by atoms with Crippen LogP contribution in [0.3, 0.4) is 0 Å². The predicted octanol–water partition coefficient (Wildman–Crippen LogP) is 5.74. The topological polar surface area (TPSA) is 57.7 Å². The number of hydrogen-bond donors (Lipinski definition) is 1. The van der Waals surface area contributed by atoms with E-state index in [4.69, 9.17) is 16.3 Å². The number of carbonyl (C=O) groups is 1. The highest BCUT2D eigenvalue weighted by atomic mass is 35.5. The third kappa shape index (κ3) is 7.78. The number of nitrogens with one attached hydrogen (secondary N) is 1. The molecule has 0 bridgehead atoms. The number of carbonyl (C=O) groups excluding carboxylic acids is 1. The summed E-state index contributed by atoms with van der Waals surface area (Å²) in [4.78, 5) is 21.0. The van der Waals surface area contributed by atoms with Crippen LogP contribution in [0.15, 0.2) is 30.3 Å². The number of pyridine rings is 1. The van der Waals surface area contributed by atoms with E-state index in [0.29, 0.717) is 18.4 Å². The van der Waals surface area contributed by atoms with Gasteiger partial charge >= 0.3 is 12.2 Å². The molecule has 2 aromatic rings. The number of ether oxygens (including phenoxy) is 1. The molecule has 6 nitrogen and oxygen atoms in total. The Kier molecular flexibility index (Phi) is 8.42. The first-order valence-corrected chi connectivity index (χ1v) is 11.2. The fourth-order valence-electron chi connectivity index (χ4n) is 3.73. The molecule has 0 saturated carbocycles. The van der Waals surface area contributed by atoms with Crippen molar-refractivity contribution >= 4 is 29.1 Å². The highest BCUT2D eigenvalue weighted by Gasteiger charge is 2.19. The molecule has 1 N–H and O–H groups in total. The van der Waals surface area contributed by atoms with Gasteiger partial charge < -0.3 is 19.9 Å². The van der Waals surface area contributed by atoms with Crippen molar-refractivity contribution in [1.82, 2.24) is 9.88 Å². The van der Waals surface area contributed by atoms with Crippen molar-refractivity contribution in [2.24, 2.45) is 0 Å². The number of hydrogen-bond acceptors (Lipinski definition) is 4. The van der Waals surface area contributed by atoms with Crippen LogP contribution < -0.4 is 10.2 Å². The largest absolute Gasteiger partial charge is 0.386 e. The molecule has 0 aliphatic carbocycles. The number of likely N-dealkylation sites (tertiary alicyclic amines) is 1. The molecule has 1 aromatic heterocycles. The second kappa shape index (κ2) is 11.1. The SMILES string of the molecule is CC(F)(F)F.Cc1ccc(NC(=O)N2CCCC2)cc1-c1cc(Cl)nc(N2CCOCC2)c1. The quantitative estimate of drug-likeness (QED) is 0.564. The van der Waals surface area contributed by atoms with Gasteiger partial charge in [0.15, 0.2) is 0 Å². The van der Waals surface area contributed by atoms with Gasteiger partial charge in [-0.25, -0.2) is 9.78 Å². The fourth-order valence-corrected chi connectivity index (χ4v) is 3.93. The zero-order valence-electron chi connectivity index (χ0n) is 18.7. The lowest BCUT2D eigenvalue weighted by molar-refractivity contribution is -0.110. The number of rotatable bonds is 3. The van der Waals surface area contributed by atoms with Crippen molar-refractivity contribution in [3.63, 3.8) is 0 Å². The predicted molar refractivity (Wildman–Crippen MR) is 124 cm³/mol. The molecule has 2 fully saturated rings. The van der Waals surface area contributed by atoms with E-state index in [1.54, 1.807) is 0 Å². The van der Waals surface area contributed by atoms with E-state index in [1.807, 2.05) is 29.2 Å². The Balaban J connectivity index is 0.000000555. The van der Waals surface area contributed by atoms with Crippen LogP contribution in [0.5, 0.6) is 0 Å². The highest BCUT2D eigenvalue weighted by Crippen LogP contribution is 2.31. The van der Waals surface area contributed by atoms with Gasteiger partial charge in [0.25, 0.3) is 0 Å². The third-order valence-electron chi connectivity index (χ3n) is 5.31. The first-order chi connectivity index (χ1) is 15.6. The Morgan fingerprint density at radius 3 is 2.36 bits per heavy atom. The van der Waals surface area contributed by atoms with Crippen LogP contribution in [0.4, 0.5) is 29.5 Å². The molecular weight excluding hydrogens is 457 g/mol. The molecular formula is C23H28ClF3N4O2. The Hall–Kier alpha value is -2.52. The monoisotopic (exact) mass is 484 g/mol. The Morgan fingerprint density at radius 1 is 1.09 bits per heavy atom. The number of amides is 2. The zero-order valence-corrected chi connectivity index (χ0v) is 19.5. The van der Waals surface area contributed by atoms with Gasteiger partial charge in [-0.05, 0) is 60.7 Å². The van der Waals surface area contributed by atoms with Gasteiger partial charge in [-0.2, -0.15) is 13.2 Å². The summed E-state index contributed by atoms with van der Waals surface area (Å²) in [6.07, 6.45) is -1.85. The molecule has 4 rings (SSSR count). The number of aromatic nitrogens is 1. The molecule has 180 valence electrons. The minimum absolute atomic E-state index is 0.0333. The summed E-state index contributed by atoms with van der Waals surface area (Å²) in [7, 11) is 0. The molecule has 33 heavy (non-hydrogen) atoms. The van der Waals surface area contributed by atoms with Crippen LogP contribution in [-0.4, -0.2) is 61.5 Å². The molecule has 10 heteroatoms. The normalized spacial score (nSPS) is 16.3. The number of aryl methyl sites for hydroxylation is 1. The number of alkyl halides is 3. The summed E-state index contributed by atoms with van der Waals surface area (Å²) in [6, 6.07) is 9.88. The molecule has 2 aliphatic rings. The van der Waals surface area contributed by atoms with Gasteiger partial charge in [0.1, 0.15) is 11.0 Å². The molecule has 0 spiro atoms. The van der Waals surface area contributed by atoms with Gasteiger partial charge in [0.2, 0.25) is 0 Å². The van der Waals surface area contributed by atoms with E-state index in [2.05, 4.69) is 28.2 Å². The van der Waals surface area contributed by atoms with Crippen molar-refractivity contribution in [2.75, 3.05) is 49.6 Å². The summed E-state index contributed by atoms with van der Waals surface area (Å²) >= 11 is 6.34. The van der Waals surface area contributed by atoms with Crippen LogP contribution in [0.1, 0.15) is 25.3 Å². The summed E-state index contributed by atoms with van der Waals surface area (Å²) < 4.78 is 36.5. The second-order valence-corrected chi connectivity index (χ2v) is 8.46. The van der Waals surface area contributed by atoms with E-state index in [-0.39, 0.29) is 13.0 Å². The molecule has 2 amide bonds. The lowest BCUT2D eigenvalue weighted by Gasteiger charge is -2.28. The second-order valence-electron chi connectivity index (χ2n) is 8.07. The number of halogens is 4. The number of morpholine rings is 1. The van der Waals surface area contributed by atoms with Crippen molar-refractivity contribution in [3.05, 3.63) is 41.0 Å². The Labute approximate surface area is 196 Å². The lowest BCUT2D eigenvalue weighted by atomic mass is 10.0. The minimum atomic E-state index is -4.00. The molecule has 1 aromatic carbocycles. The standard InChI is InChI=1S/C21H25ClN4O2.C2H3F3/c1-15-4-5-17(23-21(27)26-6-2-3-7-26)14-18(15)16-12-19(22)24-20(13-16)25-8-10-28-11-9-25;1-2(3,4)5/h4-5,12-14H,2-3,6-11H2,1H3,(H,23,27);1H3. The summed E-state index contributed by atoms with van der Waals surface area (Å²) in [5.74, 6) is 0.858. The van der Waals surface area contributed by atoms with Crippen LogP contribution in [0.25, 0.3) is 11.1 Å². The number of nitrogens with zero attached hydrogens (tertiary/aromatic N) is 3. The average Bonchev–Trinajstić information content (AvgIpc) is 3.29. The third-order valence-corrected chi connectivity index (χ3v) is 5.50. The Bertz CT molecular complexity index is 953. The molecule has 3 heterocycles. The van der Waals surface area contributed by atoms with Crippen LogP contribution in [0, 0.1) is 6.92 Å². The van der Waals surface area contributed by atoms with Gasteiger partial charge in [0.05, 0.1) is 13.2 Å². The minimum Gasteiger partial charge on any atom is -0.378 e. The van der Waals surface area contributed by atoms with Crippen molar-refractivity contribution in [2.45, 2.75) is 32.9 Å². The van der Waals surface area contributed by atoms with E-state index < -0.39 is 6.18 Å². The van der Waals surface area contributed by atoms with E-state index >= 15 is 0 Å². The first kappa shape index (κ1) is 25.1. The van der Waals surface area contributed by atoms with Crippen LogP contribution in [-0.2, 0) is 4.74 Å². The number of urea groups is 1. The molecule has 0 atom stereocenters. The maximum absolute atomic E-state index is 12.4. The molecule has 2 saturated heterocycles. The van der Waals surface area contributed by atoms with Gasteiger partial charge in [-0.3, -0.25) is 0 Å². The van der Waals surface area contributed by atoms with Gasteiger partial charge in [-0.1, -0.05) is 17.7 Å². The highest BCUT2D eigenvalue weighted by molar-refractivity contribution is 6.29. The number of benzene rings is 1. The zero-order chi connectivity index (χ0) is 24.0. The lowest BCUT2D eigenvalue weighted by Crippen LogP contribution is -2.36. The van der Waals surface area contributed by atoms with E-state index in [0.717, 1.165) is 67.2 Å². The molecule has 0 unspecified atom stereocenters. The molecule has 0 radical (unpaired) electrons. The van der Waals surface area contributed by atoms with E-state index in [1.165, 1.54) is 0 Å². The smallest absolute Gasteiger partial charge is 0.378 e. The van der Waals surface area contributed by atoms with Gasteiger partial charge in [0, 0.05) is 38.8 Å². The maximum atomic E-state index is 12.4. The Morgan fingerprint density at radius 2 is 1.73 bits per heavy atom. The van der Waals surface area contributed by atoms with Crippen LogP contribution in [0.2, 0.25) is 5.15 Å². The van der Waals surface area contributed by atoms with Crippen molar-refractivity contribution in [3.8, 4) is 11.1 Å². The average molecular weight is 485 g/mol. The molecule has 2 aliphatic heterocycles. The van der Waals surface area contributed by atoms with Gasteiger partial charge in [-0.15, -0.1) is 0 Å². The fraction of sp³-hybridized carbons (Fsp3) is 0.478. The maximum Gasteiger partial charge on any atom is 0.386 e. The van der Waals surface area contributed by atoms with Crippen LogP contribution >= 0.6 is 11.6 Å². The van der Waals surface area contributed by atoms with Crippen molar-refractivity contribution in [1.29, 1.82) is 0 Å². The summed E-state index contributed by atoms with van der Waals surface area (Å²) in [5, 5.41) is 3.49. The summed E-state index contributed by atoms with van der Waals surface area (Å²) in [5.41, 5.74) is 3.95.